The van der Waals surface area contributed by atoms with Gasteiger partial charge in [-0.25, -0.2) is 14.3 Å². The highest BCUT2D eigenvalue weighted by Crippen LogP contribution is 2.38. The molecule has 10 nitrogen and oxygen atoms in total. The number of aldehydes is 1. The molecule has 2 fully saturated rings. The molecule has 1 aliphatic heterocycles. The van der Waals surface area contributed by atoms with Crippen LogP contribution in [0.1, 0.15) is 45.4 Å². The van der Waals surface area contributed by atoms with Gasteiger partial charge in [-0.05, 0) is 62.4 Å². The zero-order valence-corrected chi connectivity index (χ0v) is 22.0. The van der Waals surface area contributed by atoms with Crippen LogP contribution in [0.3, 0.4) is 0 Å². The summed E-state index contributed by atoms with van der Waals surface area (Å²) in [7, 11) is -0.298. The first-order valence-electron chi connectivity index (χ1n) is 12.5. The second-order valence-corrected chi connectivity index (χ2v) is 10.3. The standard InChI is InChI=1S/C25H35FN3O7P/c1-18-15-22(35-24(18)29(13-6-14-30)25(32)27-2)17-33-37(36-21-11-9-19(26)10-12-21)28-16-23(31)34-20-7-4-3-5-8-20/h6,9-14,18,20,22,24,28H,3-5,7-8,15-17H2,1-2H3,(H,27,32)/b13-6-. The second-order valence-electron chi connectivity index (χ2n) is 8.98. The normalized spacial score (nSPS) is 22.9. The van der Waals surface area contributed by atoms with Gasteiger partial charge in [-0.15, -0.1) is 0 Å². The minimum absolute atomic E-state index is 0.0372. The predicted molar refractivity (Wildman–Crippen MR) is 135 cm³/mol. The molecular weight excluding hydrogens is 504 g/mol. The fraction of sp³-hybridized carbons (Fsp3) is 0.560. The van der Waals surface area contributed by atoms with Crippen molar-refractivity contribution >= 4 is 26.8 Å². The first-order valence-corrected chi connectivity index (χ1v) is 13.6. The van der Waals surface area contributed by atoms with Gasteiger partial charge in [0.1, 0.15) is 36.7 Å². The van der Waals surface area contributed by atoms with Gasteiger partial charge < -0.3 is 23.8 Å². The van der Waals surface area contributed by atoms with Crippen LogP contribution in [0, 0.1) is 11.7 Å². The van der Waals surface area contributed by atoms with Crippen molar-refractivity contribution in [2.24, 2.45) is 5.92 Å². The number of hydrogen-bond acceptors (Lipinski definition) is 8. The number of nitrogens with one attached hydrogen (secondary N) is 2. The van der Waals surface area contributed by atoms with E-state index >= 15 is 0 Å². The lowest BCUT2D eigenvalue weighted by Crippen LogP contribution is -2.44. The summed E-state index contributed by atoms with van der Waals surface area (Å²) in [5.74, 6) is -0.445. The van der Waals surface area contributed by atoms with E-state index in [1.807, 2.05) is 6.92 Å². The number of hydrogen-bond donors (Lipinski definition) is 2. The number of esters is 1. The van der Waals surface area contributed by atoms with E-state index in [0.717, 1.165) is 32.1 Å². The number of urea groups is 1. The highest BCUT2D eigenvalue weighted by molar-refractivity contribution is 7.45. The highest BCUT2D eigenvalue weighted by Gasteiger charge is 2.38. The average molecular weight is 540 g/mol. The number of carbonyl (C=O) groups is 3. The summed E-state index contributed by atoms with van der Waals surface area (Å²) in [4.78, 5) is 36.8. The number of carbonyl (C=O) groups excluding carboxylic acids is 3. The third-order valence-electron chi connectivity index (χ3n) is 6.08. The maximum atomic E-state index is 13.3. The largest absolute Gasteiger partial charge is 0.461 e. The van der Waals surface area contributed by atoms with Crippen molar-refractivity contribution in [1.82, 2.24) is 15.3 Å². The molecule has 0 bridgehead atoms. The van der Waals surface area contributed by atoms with Crippen LogP contribution < -0.4 is 14.9 Å². The molecule has 2 amide bonds. The molecule has 0 radical (unpaired) electrons. The van der Waals surface area contributed by atoms with Gasteiger partial charge in [-0.2, -0.15) is 0 Å². The van der Waals surface area contributed by atoms with Gasteiger partial charge in [0.25, 0.3) is 0 Å². The van der Waals surface area contributed by atoms with E-state index in [4.69, 9.17) is 18.5 Å². The monoisotopic (exact) mass is 539 g/mol. The van der Waals surface area contributed by atoms with Crippen molar-refractivity contribution in [2.45, 2.75) is 63.9 Å². The van der Waals surface area contributed by atoms with E-state index in [1.54, 1.807) is 0 Å². The maximum absolute atomic E-state index is 13.3. The Morgan fingerprint density at radius 2 is 1.95 bits per heavy atom. The van der Waals surface area contributed by atoms with Crippen LogP contribution in [0.5, 0.6) is 5.75 Å². The number of amides is 2. The lowest BCUT2D eigenvalue weighted by molar-refractivity contribution is -0.149. The molecule has 4 atom stereocenters. The molecule has 1 saturated heterocycles. The van der Waals surface area contributed by atoms with Crippen LogP contribution in [-0.2, 0) is 23.6 Å². The summed E-state index contributed by atoms with van der Waals surface area (Å²) in [5.41, 5.74) is 0. The van der Waals surface area contributed by atoms with Crippen molar-refractivity contribution in [3.63, 3.8) is 0 Å². The van der Waals surface area contributed by atoms with E-state index in [2.05, 4.69) is 10.4 Å². The SMILES string of the molecule is CNC(=O)N(/C=C\C=O)C1OC(COP(NCC(=O)OC2CCCCC2)Oc2ccc(F)cc2)CC1C. The number of rotatable bonds is 12. The van der Waals surface area contributed by atoms with Crippen LogP contribution in [0.2, 0.25) is 0 Å². The van der Waals surface area contributed by atoms with Crippen molar-refractivity contribution in [1.29, 1.82) is 0 Å². The van der Waals surface area contributed by atoms with Gasteiger partial charge in [-0.3, -0.25) is 14.5 Å². The van der Waals surface area contributed by atoms with Crippen molar-refractivity contribution in [2.75, 3.05) is 20.2 Å². The Hall–Kier alpha value is -2.59. The van der Waals surface area contributed by atoms with Crippen molar-refractivity contribution < 1.29 is 37.3 Å². The molecule has 1 aromatic rings. The Labute approximate surface area is 217 Å². The predicted octanol–water partition coefficient (Wildman–Crippen LogP) is 4.02. The van der Waals surface area contributed by atoms with Crippen LogP contribution in [0.4, 0.5) is 9.18 Å². The summed E-state index contributed by atoms with van der Waals surface area (Å²) in [6.45, 7) is 1.96. The third kappa shape index (κ3) is 9.34. The first-order chi connectivity index (χ1) is 17.9. The van der Waals surface area contributed by atoms with E-state index in [9.17, 15) is 18.8 Å². The summed E-state index contributed by atoms with van der Waals surface area (Å²) >= 11 is 0. The molecule has 1 saturated carbocycles. The Kier molecular flexibility index (Phi) is 11.7. The first kappa shape index (κ1) is 29.0. The van der Waals surface area contributed by atoms with E-state index in [0.29, 0.717) is 18.5 Å². The molecule has 1 heterocycles. The van der Waals surface area contributed by atoms with Crippen LogP contribution in [0.15, 0.2) is 36.5 Å². The van der Waals surface area contributed by atoms with Gasteiger partial charge >= 0.3 is 20.5 Å². The average Bonchev–Trinajstić information content (AvgIpc) is 3.27. The lowest BCUT2D eigenvalue weighted by atomic mass is 9.98. The molecule has 0 aromatic heterocycles. The summed E-state index contributed by atoms with van der Waals surface area (Å²) < 4.78 is 36.7. The summed E-state index contributed by atoms with van der Waals surface area (Å²) in [6.07, 6.45) is 7.77. The number of benzene rings is 1. The molecule has 0 spiro atoms. The summed E-state index contributed by atoms with van der Waals surface area (Å²) in [5, 5.41) is 5.50. The third-order valence-corrected chi connectivity index (χ3v) is 7.26. The van der Waals surface area contributed by atoms with E-state index in [-0.39, 0.29) is 37.2 Å². The fourth-order valence-corrected chi connectivity index (χ4v) is 5.36. The number of nitrogens with zero attached hydrogens (tertiary/aromatic N) is 1. The van der Waals surface area contributed by atoms with Gasteiger partial charge in [0.2, 0.25) is 0 Å². The molecule has 2 N–H and O–H groups in total. The molecule has 2 aliphatic rings. The van der Waals surface area contributed by atoms with Gasteiger partial charge in [-0.1, -0.05) is 13.3 Å². The molecule has 4 unspecified atom stereocenters. The van der Waals surface area contributed by atoms with Gasteiger partial charge in [0.05, 0.1) is 12.7 Å². The number of ether oxygens (including phenoxy) is 2. The van der Waals surface area contributed by atoms with Crippen LogP contribution >= 0.6 is 8.53 Å². The molecule has 12 heteroatoms. The number of allylic oxidation sites excluding steroid dienone is 1. The quantitative estimate of drug-likeness (QED) is 0.177. The molecule has 1 aliphatic carbocycles. The molecule has 3 rings (SSSR count). The topological polar surface area (TPSA) is 115 Å². The zero-order chi connectivity index (χ0) is 26.6. The highest BCUT2D eigenvalue weighted by atomic mass is 31.2. The van der Waals surface area contributed by atoms with Gasteiger partial charge in [0, 0.05) is 19.2 Å². The van der Waals surface area contributed by atoms with E-state index < -0.39 is 26.6 Å². The maximum Gasteiger partial charge on any atom is 0.323 e. The zero-order valence-electron chi connectivity index (χ0n) is 21.1. The fourth-order valence-electron chi connectivity index (χ4n) is 4.28. The minimum Gasteiger partial charge on any atom is -0.461 e. The van der Waals surface area contributed by atoms with Gasteiger partial charge in [0.15, 0.2) is 0 Å². The Bertz CT molecular complexity index is 914. The Morgan fingerprint density at radius 3 is 2.62 bits per heavy atom. The lowest BCUT2D eigenvalue weighted by Gasteiger charge is -2.27. The molecule has 204 valence electrons. The summed E-state index contributed by atoms with van der Waals surface area (Å²) in [6, 6.07) is 5.08. The van der Waals surface area contributed by atoms with Crippen LogP contribution in [0.25, 0.3) is 0 Å². The molecule has 37 heavy (non-hydrogen) atoms. The molecular formula is C25H35FN3O7P. The minimum atomic E-state index is -1.79. The second kappa shape index (κ2) is 15.0. The number of halogens is 1. The van der Waals surface area contributed by atoms with Crippen molar-refractivity contribution in [3.8, 4) is 5.75 Å². The smallest absolute Gasteiger partial charge is 0.323 e. The van der Waals surface area contributed by atoms with Crippen molar-refractivity contribution in [3.05, 3.63) is 42.4 Å². The Morgan fingerprint density at radius 1 is 1.22 bits per heavy atom. The van der Waals surface area contributed by atoms with E-state index in [1.165, 1.54) is 48.5 Å². The van der Waals surface area contributed by atoms with Crippen LogP contribution in [-0.4, -0.2) is 61.8 Å². The Balaban J connectivity index is 1.58. The molecule has 1 aromatic carbocycles.